The van der Waals surface area contributed by atoms with Crippen LogP contribution in [0.3, 0.4) is 0 Å². The number of aromatic nitrogens is 1. The maximum Gasteiger partial charge on any atom is 0.319 e. The van der Waals surface area contributed by atoms with Crippen molar-refractivity contribution < 1.29 is 19.4 Å². The number of ether oxygens (including phenoxy) is 2. The Morgan fingerprint density at radius 2 is 2.23 bits per heavy atom. The van der Waals surface area contributed by atoms with Crippen LogP contribution in [0.25, 0.3) is 0 Å². The van der Waals surface area contributed by atoms with Crippen LogP contribution in [0.2, 0.25) is 0 Å². The number of nitrogens with zero attached hydrogens (tertiary/aromatic N) is 1. The topological polar surface area (TPSA) is 92.7 Å². The third-order valence-corrected chi connectivity index (χ3v) is 3.53. The van der Waals surface area contributed by atoms with Gasteiger partial charge in [0.25, 0.3) is 0 Å². The van der Waals surface area contributed by atoms with Gasteiger partial charge in [-0.25, -0.2) is 9.78 Å². The van der Waals surface area contributed by atoms with E-state index in [1.165, 1.54) is 18.0 Å². The number of rotatable bonds is 9. The quantitative estimate of drug-likeness (QED) is 0.592. The van der Waals surface area contributed by atoms with Crippen LogP contribution in [0.5, 0.6) is 5.88 Å². The van der Waals surface area contributed by atoms with Crippen molar-refractivity contribution in [2.75, 3.05) is 44.2 Å². The minimum atomic E-state index is -0.936. The number of carbonyl (C=O) groups is 1. The molecule has 0 aliphatic rings. The largest absolute Gasteiger partial charge is 0.475 e. The zero-order chi connectivity index (χ0) is 16.4. The van der Waals surface area contributed by atoms with E-state index >= 15 is 0 Å². The highest BCUT2D eigenvalue weighted by Crippen LogP contribution is 2.12. The molecule has 0 spiro atoms. The molecule has 1 aromatic heterocycles. The van der Waals surface area contributed by atoms with Crippen LogP contribution >= 0.6 is 11.8 Å². The fourth-order valence-electron chi connectivity index (χ4n) is 1.58. The maximum absolute atomic E-state index is 11.7. The smallest absolute Gasteiger partial charge is 0.319 e. The monoisotopic (exact) mass is 329 g/mol. The minimum absolute atomic E-state index is 0.172. The van der Waals surface area contributed by atoms with E-state index in [0.717, 1.165) is 0 Å². The highest BCUT2D eigenvalue weighted by Gasteiger charge is 2.20. The Bertz CT molecular complexity index is 454. The molecule has 0 fully saturated rings. The van der Waals surface area contributed by atoms with E-state index in [9.17, 15) is 9.90 Å². The van der Waals surface area contributed by atoms with Crippen LogP contribution in [0.4, 0.5) is 10.5 Å². The summed E-state index contributed by atoms with van der Waals surface area (Å²) in [7, 11) is 1.60. The second kappa shape index (κ2) is 9.50. The number of methoxy groups -OCH3 is 1. The lowest BCUT2D eigenvalue weighted by molar-refractivity contribution is 0.0876. The molecule has 22 heavy (non-hydrogen) atoms. The molecule has 0 unspecified atom stereocenters. The Hall–Kier alpha value is -1.51. The molecule has 0 radical (unpaired) electrons. The zero-order valence-electron chi connectivity index (χ0n) is 13.1. The number of urea groups is 1. The normalized spacial score (nSPS) is 13.3. The van der Waals surface area contributed by atoms with Gasteiger partial charge in [0.05, 0.1) is 24.1 Å². The number of aliphatic hydroxyl groups is 1. The fraction of sp³-hybridized carbons (Fsp3) is 0.571. The Labute approximate surface area is 134 Å². The summed E-state index contributed by atoms with van der Waals surface area (Å²) in [6.45, 7) is 2.75. The predicted molar refractivity (Wildman–Crippen MR) is 87.6 cm³/mol. The number of amides is 2. The molecular formula is C14H23N3O4S. The lowest BCUT2D eigenvalue weighted by Gasteiger charge is -2.22. The SMILES string of the molecule is COCCOc1ccc(NC(=O)NC[C@](C)(O)CSC)cn1. The number of carbonyl (C=O) groups excluding carboxylic acids is 1. The number of hydrogen-bond acceptors (Lipinski definition) is 6. The van der Waals surface area contributed by atoms with Crippen molar-refractivity contribution in [3.8, 4) is 5.88 Å². The first kappa shape index (κ1) is 18.5. The molecule has 1 aromatic rings. The van der Waals surface area contributed by atoms with Crippen molar-refractivity contribution in [3.05, 3.63) is 18.3 Å². The number of nitrogens with one attached hydrogen (secondary N) is 2. The van der Waals surface area contributed by atoms with Crippen molar-refractivity contribution in [2.24, 2.45) is 0 Å². The summed E-state index contributed by atoms with van der Waals surface area (Å²) in [4.78, 5) is 15.8. The summed E-state index contributed by atoms with van der Waals surface area (Å²) in [5.74, 6) is 1.01. The molecule has 0 aliphatic heterocycles. The third-order valence-electron chi connectivity index (χ3n) is 2.62. The van der Waals surface area contributed by atoms with Crippen molar-refractivity contribution in [2.45, 2.75) is 12.5 Å². The van der Waals surface area contributed by atoms with E-state index < -0.39 is 11.6 Å². The van der Waals surface area contributed by atoms with Gasteiger partial charge in [-0.3, -0.25) is 0 Å². The van der Waals surface area contributed by atoms with Crippen LogP contribution in [0.1, 0.15) is 6.92 Å². The average molecular weight is 329 g/mol. The minimum Gasteiger partial charge on any atom is -0.475 e. The third kappa shape index (κ3) is 7.48. The molecular weight excluding hydrogens is 306 g/mol. The van der Waals surface area contributed by atoms with Gasteiger partial charge in [0.2, 0.25) is 5.88 Å². The molecule has 1 rings (SSSR count). The van der Waals surface area contributed by atoms with Gasteiger partial charge >= 0.3 is 6.03 Å². The van der Waals surface area contributed by atoms with Gasteiger partial charge < -0.3 is 25.2 Å². The van der Waals surface area contributed by atoms with Crippen LogP contribution in [-0.4, -0.2) is 60.6 Å². The molecule has 0 aromatic carbocycles. The van der Waals surface area contributed by atoms with Crippen LogP contribution in [0, 0.1) is 0 Å². The highest BCUT2D eigenvalue weighted by atomic mass is 32.2. The Morgan fingerprint density at radius 1 is 1.45 bits per heavy atom. The number of pyridine rings is 1. The van der Waals surface area contributed by atoms with Gasteiger partial charge in [0.1, 0.15) is 6.61 Å². The standard InChI is InChI=1S/C14H23N3O4S/c1-14(19,10-22-3)9-16-13(18)17-11-4-5-12(15-8-11)21-7-6-20-2/h4-5,8,19H,6-7,9-10H2,1-3H3,(H2,16,17,18)/t14-/m0/s1. The summed E-state index contributed by atoms with van der Waals surface area (Å²) in [5.41, 5.74) is -0.394. The van der Waals surface area contributed by atoms with Gasteiger partial charge in [-0.1, -0.05) is 0 Å². The maximum atomic E-state index is 11.7. The lowest BCUT2D eigenvalue weighted by Crippen LogP contribution is -2.43. The molecule has 3 N–H and O–H groups in total. The van der Waals surface area contributed by atoms with E-state index in [1.807, 2.05) is 6.26 Å². The van der Waals surface area contributed by atoms with Crippen molar-refractivity contribution in [1.29, 1.82) is 0 Å². The molecule has 0 aliphatic carbocycles. The van der Waals surface area contributed by atoms with Crippen LogP contribution in [-0.2, 0) is 4.74 Å². The Morgan fingerprint density at radius 3 is 2.82 bits per heavy atom. The molecule has 1 atom stereocenters. The van der Waals surface area contributed by atoms with E-state index in [1.54, 1.807) is 26.2 Å². The van der Waals surface area contributed by atoms with Gasteiger partial charge in [-0.15, -0.1) is 0 Å². The Kier molecular flexibility index (Phi) is 8.00. The molecule has 0 saturated heterocycles. The van der Waals surface area contributed by atoms with Crippen molar-refractivity contribution in [1.82, 2.24) is 10.3 Å². The average Bonchev–Trinajstić information content (AvgIpc) is 2.47. The zero-order valence-corrected chi connectivity index (χ0v) is 13.9. The van der Waals surface area contributed by atoms with Gasteiger partial charge in [0, 0.05) is 25.5 Å². The second-order valence-electron chi connectivity index (χ2n) is 4.96. The molecule has 2 amide bonds. The van der Waals surface area contributed by atoms with E-state index in [2.05, 4.69) is 15.6 Å². The number of thioether (sulfide) groups is 1. The van der Waals surface area contributed by atoms with E-state index in [4.69, 9.17) is 9.47 Å². The first-order chi connectivity index (χ1) is 10.5. The molecule has 124 valence electrons. The van der Waals surface area contributed by atoms with E-state index in [-0.39, 0.29) is 6.54 Å². The first-order valence-electron chi connectivity index (χ1n) is 6.81. The lowest BCUT2D eigenvalue weighted by atomic mass is 10.1. The molecule has 8 heteroatoms. The highest BCUT2D eigenvalue weighted by molar-refractivity contribution is 7.98. The van der Waals surface area contributed by atoms with E-state index in [0.29, 0.717) is 30.5 Å². The Balaban J connectivity index is 2.38. The molecule has 0 bridgehead atoms. The summed E-state index contributed by atoms with van der Waals surface area (Å²) in [5, 5.41) is 15.2. The van der Waals surface area contributed by atoms with Crippen LogP contribution in [0.15, 0.2) is 18.3 Å². The first-order valence-corrected chi connectivity index (χ1v) is 8.20. The summed E-state index contributed by atoms with van der Waals surface area (Å²) in [6.07, 6.45) is 3.40. The van der Waals surface area contributed by atoms with Gasteiger partial charge in [-0.05, 0) is 19.2 Å². The second-order valence-corrected chi connectivity index (χ2v) is 5.83. The van der Waals surface area contributed by atoms with Crippen molar-refractivity contribution in [3.63, 3.8) is 0 Å². The summed E-state index contributed by atoms with van der Waals surface area (Å²) >= 11 is 1.52. The molecule has 7 nitrogen and oxygen atoms in total. The summed E-state index contributed by atoms with van der Waals surface area (Å²) in [6, 6.07) is 2.96. The number of anilines is 1. The summed E-state index contributed by atoms with van der Waals surface area (Å²) < 4.78 is 10.2. The molecule has 1 heterocycles. The number of hydrogen-bond donors (Lipinski definition) is 3. The van der Waals surface area contributed by atoms with Crippen LogP contribution < -0.4 is 15.4 Å². The van der Waals surface area contributed by atoms with Crippen molar-refractivity contribution >= 4 is 23.5 Å². The predicted octanol–water partition coefficient (Wildman–Crippen LogP) is 1.34. The van der Waals surface area contributed by atoms with Gasteiger partial charge in [0.15, 0.2) is 0 Å². The van der Waals surface area contributed by atoms with Gasteiger partial charge in [-0.2, -0.15) is 11.8 Å². The fourth-order valence-corrected chi connectivity index (χ4v) is 2.30. The molecule has 0 saturated carbocycles.